The second-order valence-corrected chi connectivity index (χ2v) is 5.31. The van der Waals surface area contributed by atoms with Gasteiger partial charge in [-0.2, -0.15) is 13.2 Å². The third kappa shape index (κ3) is 2.54. The van der Waals surface area contributed by atoms with Crippen LogP contribution in [-0.2, 0) is 6.18 Å². The second kappa shape index (κ2) is 4.67. The highest BCUT2D eigenvalue weighted by Crippen LogP contribution is 2.31. The van der Waals surface area contributed by atoms with Crippen LogP contribution in [0.15, 0.2) is 18.3 Å². The van der Waals surface area contributed by atoms with Gasteiger partial charge in [0.15, 0.2) is 0 Å². The molecule has 2 aliphatic rings. The number of rotatable bonds is 1. The molecule has 2 fully saturated rings. The van der Waals surface area contributed by atoms with Gasteiger partial charge in [0.05, 0.1) is 11.9 Å². The number of pyridine rings is 1. The summed E-state index contributed by atoms with van der Waals surface area (Å²) in [6.07, 6.45) is -1.93. The summed E-state index contributed by atoms with van der Waals surface area (Å²) in [6, 6.07) is 2.59. The second-order valence-electron chi connectivity index (χ2n) is 5.31. The summed E-state index contributed by atoms with van der Waals surface area (Å²) in [6.45, 7) is 3.89. The molecule has 19 heavy (non-hydrogen) atoms. The van der Waals surface area contributed by atoms with E-state index in [4.69, 9.17) is 0 Å². The number of hydrogen-bond donors (Lipinski definition) is 1. The van der Waals surface area contributed by atoms with Crippen molar-refractivity contribution in [2.75, 3.05) is 31.1 Å². The van der Waals surface area contributed by atoms with Crippen LogP contribution in [0.25, 0.3) is 0 Å². The first-order valence-corrected chi connectivity index (χ1v) is 6.53. The van der Waals surface area contributed by atoms with Gasteiger partial charge in [0, 0.05) is 13.1 Å². The number of aromatic nitrogens is 1. The molecule has 2 aliphatic heterocycles. The molecule has 0 aliphatic carbocycles. The molecule has 0 saturated carbocycles. The highest BCUT2D eigenvalue weighted by molar-refractivity contribution is 5.45. The van der Waals surface area contributed by atoms with Crippen molar-refractivity contribution in [1.82, 2.24) is 10.3 Å². The first-order chi connectivity index (χ1) is 9.04. The summed E-state index contributed by atoms with van der Waals surface area (Å²) >= 11 is 0. The van der Waals surface area contributed by atoms with Gasteiger partial charge < -0.3 is 10.2 Å². The topological polar surface area (TPSA) is 28.2 Å². The maximum Gasteiger partial charge on any atom is 0.433 e. The van der Waals surface area contributed by atoms with Crippen LogP contribution in [0.4, 0.5) is 18.9 Å². The Hall–Kier alpha value is -1.30. The summed E-state index contributed by atoms with van der Waals surface area (Å²) < 4.78 is 37.4. The molecule has 1 aromatic heterocycles. The predicted octanol–water partition coefficient (Wildman–Crippen LogP) is 2.15. The molecule has 1 N–H and O–H groups in total. The largest absolute Gasteiger partial charge is 0.433 e. The fourth-order valence-corrected chi connectivity index (χ4v) is 3.01. The van der Waals surface area contributed by atoms with Gasteiger partial charge in [0.2, 0.25) is 0 Å². The molecule has 3 heterocycles. The van der Waals surface area contributed by atoms with E-state index >= 15 is 0 Å². The monoisotopic (exact) mass is 271 g/mol. The van der Waals surface area contributed by atoms with Crippen LogP contribution >= 0.6 is 0 Å². The van der Waals surface area contributed by atoms with Crippen LogP contribution in [0.3, 0.4) is 0 Å². The number of nitrogens with zero attached hydrogens (tertiary/aromatic N) is 2. The van der Waals surface area contributed by atoms with Gasteiger partial charge in [0.25, 0.3) is 0 Å². The number of fused-ring (bicyclic) bond motifs is 1. The van der Waals surface area contributed by atoms with Crippen molar-refractivity contribution in [3.05, 3.63) is 24.0 Å². The summed E-state index contributed by atoms with van der Waals surface area (Å²) in [4.78, 5) is 5.67. The molecule has 2 atom stereocenters. The Labute approximate surface area is 109 Å². The number of halogens is 3. The molecule has 6 heteroatoms. The van der Waals surface area contributed by atoms with Crippen molar-refractivity contribution >= 4 is 5.69 Å². The Bertz CT molecular complexity index is 443. The highest BCUT2D eigenvalue weighted by atomic mass is 19.4. The molecule has 0 amide bonds. The molecule has 2 saturated heterocycles. The average Bonchev–Trinajstić information content (AvgIpc) is 2.85. The van der Waals surface area contributed by atoms with Gasteiger partial charge in [-0.15, -0.1) is 0 Å². The SMILES string of the molecule is FC(F)(F)c1ccc(N2CC[C@@H]3CNC[C@@H]3C2)cn1. The van der Waals surface area contributed by atoms with E-state index in [0.717, 1.165) is 50.3 Å². The first kappa shape index (κ1) is 12.7. The van der Waals surface area contributed by atoms with Crippen LogP contribution in [0.1, 0.15) is 12.1 Å². The summed E-state index contributed by atoms with van der Waals surface area (Å²) in [5, 5.41) is 3.37. The van der Waals surface area contributed by atoms with Gasteiger partial charge in [-0.3, -0.25) is 0 Å². The van der Waals surface area contributed by atoms with E-state index in [-0.39, 0.29) is 0 Å². The molecule has 0 bridgehead atoms. The standard InChI is InChI=1S/C13H16F3N3/c14-13(15,16)12-2-1-11(7-18-12)19-4-3-9-5-17-6-10(9)8-19/h1-2,7,9-10,17H,3-6,8H2/t9-,10-/m1/s1. The first-order valence-electron chi connectivity index (χ1n) is 6.53. The van der Waals surface area contributed by atoms with Gasteiger partial charge in [0.1, 0.15) is 5.69 Å². The Morgan fingerprint density at radius 1 is 1.21 bits per heavy atom. The highest BCUT2D eigenvalue weighted by Gasteiger charge is 2.34. The Balaban J connectivity index is 1.72. The lowest BCUT2D eigenvalue weighted by atomic mass is 9.88. The van der Waals surface area contributed by atoms with Crippen molar-refractivity contribution < 1.29 is 13.2 Å². The molecular weight excluding hydrogens is 255 g/mol. The van der Waals surface area contributed by atoms with Crippen molar-refractivity contribution in [1.29, 1.82) is 0 Å². The fraction of sp³-hybridized carbons (Fsp3) is 0.615. The minimum Gasteiger partial charge on any atom is -0.370 e. The fourth-order valence-electron chi connectivity index (χ4n) is 3.01. The quantitative estimate of drug-likeness (QED) is 0.848. The molecule has 0 spiro atoms. The van der Waals surface area contributed by atoms with Crippen LogP contribution in [0.2, 0.25) is 0 Å². The predicted molar refractivity (Wildman–Crippen MR) is 65.9 cm³/mol. The van der Waals surface area contributed by atoms with Crippen LogP contribution in [0.5, 0.6) is 0 Å². The van der Waals surface area contributed by atoms with E-state index in [0.29, 0.717) is 5.92 Å². The maximum atomic E-state index is 12.5. The van der Waals surface area contributed by atoms with Gasteiger partial charge in [-0.25, -0.2) is 4.98 Å². The lowest BCUT2D eigenvalue weighted by Crippen LogP contribution is -2.40. The molecule has 3 rings (SSSR count). The molecule has 3 nitrogen and oxygen atoms in total. The summed E-state index contributed by atoms with van der Waals surface area (Å²) in [7, 11) is 0. The normalized spacial score (nSPS) is 27.4. The molecular formula is C13H16F3N3. The number of hydrogen-bond acceptors (Lipinski definition) is 3. The lowest BCUT2D eigenvalue weighted by molar-refractivity contribution is -0.141. The Kier molecular flexibility index (Phi) is 3.12. The van der Waals surface area contributed by atoms with Crippen molar-refractivity contribution in [2.24, 2.45) is 11.8 Å². The van der Waals surface area contributed by atoms with E-state index in [2.05, 4.69) is 15.2 Å². The van der Waals surface area contributed by atoms with Crippen LogP contribution < -0.4 is 10.2 Å². The zero-order valence-corrected chi connectivity index (χ0v) is 10.5. The molecule has 1 aromatic rings. The van der Waals surface area contributed by atoms with E-state index in [1.807, 2.05) is 0 Å². The van der Waals surface area contributed by atoms with Gasteiger partial charge in [-0.1, -0.05) is 0 Å². The maximum absolute atomic E-state index is 12.5. The molecule has 0 unspecified atom stereocenters. The minimum absolute atomic E-state index is 0.607. The molecule has 0 aromatic carbocycles. The zero-order valence-electron chi connectivity index (χ0n) is 10.5. The van der Waals surface area contributed by atoms with Crippen LogP contribution in [0, 0.1) is 11.8 Å². The van der Waals surface area contributed by atoms with E-state index in [9.17, 15) is 13.2 Å². The zero-order chi connectivity index (χ0) is 13.5. The van der Waals surface area contributed by atoms with Gasteiger partial charge >= 0.3 is 6.18 Å². The number of piperidine rings is 1. The Morgan fingerprint density at radius 3 is 2.68 bits per heavy atom. The average molecular weight is 271 g/mol. The van der Waals surface area contributed by atoms with Gasteiger partial charge in [-0.05, 0) is 43.5 Å². The van der Waals surface area contributed by atoms with Crippen molar-refractivity contribution in [2.45, 2.75) is 12.6 Å². The van der Waals surface area contributed by atoms with Crippen molar-refractivity contribution in [3.8, 4) is 0 Å². The summed E-state index contributed by atoms with van der Waals surface area (Å²) in [5.74, 6) is 1.33. The number of nitrogens with one attached hydrogen (secondary N) is 1. The molecule has 0 radical (unpaired) electrons. The Morgan fingerprint density at radius 2 is 2.00 bits per heavy atom. The number of anilines is 1. The third-order valence-electron chi connectivity index (χ3n) is 4.11. The lowest BCUT2D eigenvalue weighted by Gasteiger charge is -2.35. The smallest absolute Gasteiger partial charge is 0.370 e. The third-order valence-corrected chi connectivity index (χ3v) is 4.11. The molecule has 104 valence electrons. The van der Waals surface area contributed by atoms with Crippen molar-refractivity contribution in [3.63, 3.8) is 0 Å². The summed E-state index contributed by atoms with van der Waals surface area (Å²) in [5.41, 5.74) is -0.0352. The van der Waals surface area contributed by atoms with E-state index in [1.54, 1.807) is 0 Å². The van der Waals surface area contributed by atoms with Crippen LogP contribution in [-0.4, -0.2) is 31.2 Å². The minimum atomic E-state index is -4.36. The van der Waals surface area contributed by atoms with E-state index < -0.39 is 11.9 Å². The number of alkyl halides is 3. The van der Waals surface area contributed by atoms with E-state index in [1.165, 1.54) is 12.3 Å².